The molecule has 90 valence electrons. The maximum Gasteiger partial charge on any atom is 0.0749 e. The monoisotopic (exact) mass is 221 g/mol. The van der Waals surface area contributed by atoms with Crippen LogP contribution in [0.4, 0.5) is 0 Å². The zero-order valence-corrected chi connectivity index (χ0v) is 10.9. The lowest BCUT2D eigenvalue weighted by Gasteiger charge is -2.47. The van der Waals surface area contributed by atoms with Gasteiger partial charge in [0.1, 0.15) is 0 Å². The van der Waals surface area contributed by atoms with Crippen LogP contribution < -0.4 is 5.48 Å². The molecule has 1 unspecified atom stereocenters. The van der Waals surface area contributed by atoms with E-state index in [1.165, 1.54) is 0 Å². The molecule has 0 fully saturated rings. The topological polar surface area (TPSA) is 32.3 Å². The van der Waals surface area contributed by atoms with Crippen LogP contribution in [-0.2, 0) is 5.54 Å². The SMILES string of the molecule is CC(C)C(NO)(c1ccccc1)C(C)(C)C. The second-order valence-corrected chi connectivity index (χ2v) is 5.69. The van der Waals surface area contributed by atoms with E-state index < -0.39 is 5.54 Å². The van der Waals surface area contributed by atoms with E-state index >= 15 is 0 Å². The first-order chi connectivity index (χ1) is 7.36. The predicted molar refractivity (Wildman–Crippen MR) is 67.3 cm³/mol. The van der Waals surface area contributed by atoms with Crippen LogP contribution >= 0.6 is 0 Å². The van der Waals surface area contributed by atoms with Gasteiger partial charge < -0.3 is 5.21 Å². The van der Waals surface area contributed by atoms with Gasteiger partial charge in [0.2, 0.25) is 0 Å². The highest BCUT2D eigenvalue weighted by molar-refractivity contribution is 5.27. The first-order valence-electron chi connectivity index (χ1n) is 5.83. The minimum absolute atomic E-state index is 0.0722. The van der Waals surface area contributed by atoms with E-state index in [9.17, 15) is 5.21 Å². The van der Waals surface area contributed by atoms with E-state index in [1.54, 1.807) is 0 Å². The second-order valence-electron chi connectivity index (χ2n) is 5.69. The normalized spacial score (nSPS) is 16.2. The van der Waals surface area contributed by atoms with Crippen LogP contribution in [0.1, 0.15) is 40.2 Å². The summed E-state index contributed by atoms with van der Waals surface area (Å²) in [6.45, 7) is 10.7. The van der Waals surface area contributed by atoms with Gasteiger partial charge >= 0.3 is 0 Å². The molecule has 2 heteroatoms. The molecule has 0 aliphatic carbocycles. The van der Waals surface area contributed by atoms with Crippen LogP contribution in [0, 0.1) is 11.3 Å². The molecule has 0 aliphatic heterocycles. The van der Waals surface area contributed by atoms with Gasteiger partial charge in [-0.05, 0) is 16.9 Å². The highest BCUT2D eigenvalue weighted by Crippen LogP contribution is 2.44. The second kappa shape index (κ2) is 4.56. The molecule has 0 saturated heterocycles. The molecule has 0 heterocycles. The van der Waals surface area contributed by atoms with Crippen molar-refractivity contribution in [2.24, 2.45) is 11.3 Å². The maximum absolute atomic E-state index is 9.69. The number of nitrogens with one attached hydrogen (secondary N) is 1. The van der Waals surface area contributed by atoms with Crippen molar-refractivity contribution in [3.8, 4) is 0 Å². The van der Waals surface area contributed by atoms with Gasteiger partial charge in [-0.2, -0.15) is 5.48 Å². The zero-order chi connectivity index (χ0) is 12.4. The Morgan fingerprint density at radius 1 is 1.06 bits per heavy atom. The summed E-state index contributed by atoms with van der Waals surface area (Å²) < 4.78 is 0. The van der Waals surface area contributed by atoms with Gasteiger partial charge in [-0.1, -0.05) is 65.0 Å². The molecule has 0 bridgehead atoms. The molecule has 0 aliphatic rings. The van der Waals surface area contributed by atoms with Gasteiger partial charge in [0.25, 0.3) is 0 Å². The molecule has 16 heavy (non-hydrogen) atoms. The molecule has 0 amide bonds. The van der Waals surface area contributed by atoms with Crippen LogP contribution in [0.2, 0.25) is 0 Å². The Balaban J connectivity index is 3.36. The smallest absolute Gasteiger partial charge is 0.0749 e. The molecule has 2 N–H and O–H groups in total. The molecule has 1 aromatic rings. The van der Waals surface area contributed by atoms with E-state index in [0.29, 0.717) is 5.92 Å². The summed E-state index contributed by atoms with van der Waals surface area (Å²) in [4.78, 5) is 0. The Hall–Kier alpha value is -0.860. The predicted octanol–water partition coefficient (Wildman–Crippen LogP) is 3.56. The number of benzene rings is 1. The molecule has 1 rings (SSSR count). The quantitative estimate of drug-likeness (QED) is 0.765. The van der Waals surface area contributed by atoms with Crippen molar-refractivity contribution in [1.82, 2.24) is 5.48 Å². The molecule has 0 aromatic heterocycles. The third-order valence-electron chi connectivity index (χ3n) is 3.45. The van der Waals surface area contributed by atoms with Gasteiger partial charge in [-0.3, -0.25) is 0 Å². The van der Waals surface area contributed by atoms with Crippen LogP contribution in [-0.4, -0.2) is 5.21 Å². The maximum atomic E-state index is 9.69. The Bertz CT molecular complexity index is 326. The fourth-order valence-electron chi connectivity index (χ4n) is 2.69. The van der Waals surface area contributed by atoms with Crippen molar-refractivity contribution in [3.05, 3.63) is 35.9 Å². The van der Waals surface area contributed by atoms with Crippen LogP contribution in [0.25, 0.3) is 0 Å². The third kappa shape index (κ3) is 2.00. The van der Waals surface area contributed by atoms with Crippen LogP contribution in [0.3, 0.4) is 0 Å². The summed E-state index contributed by atoms with van der Waals surface area (Å²) in [5.74, 6) is 0.292. The minimum atomic E-state index is -0.422. The Kier molecular flexibility index (Phi) is 3.76. The number of hydrogen-bond donors (Lipinski definition) is 2. The van der Waals surface area contributed by atoms with Crippen molar-refractivity contribution in [1.29, 1.82) is 0 Å². The van der Waals surface area contributed by atoms with E-state index in [-0.39, 0.29) is 5.41 Å². The summed E-state index contributed by atoms with van der Waals surface area (Å²) >= 11 is 0. The van der Waals surface area contributed by atoms with E-state index in [2.05, 4.69) is 52.2 Å². The first kappa shape index (κ1) is 13.2. The fraction of sp³-hybridized carbons (Fsp3) is 0.571. The van der Waals surface area contributed by atoms with Gasteiger partial charge in [-0.25, -0.2) is 0 Å². The average molecular weight is 221 g/mol. The van der Waals surface area contributed by atoms with Gasteiger partial charge in [0.15, 0.2) is 0 Å². The van der Waals surface area contributed by atoms with E-state index in [1.807, 2.05) is 18.2 Å². The van der Waals surface area contributed by atoms with Crippen LogP contribution in [0.5, 0.6) is 0 Å². The number of rotatable bonds is 3. The van der Waals surface area contributed by atoms with Crippen molar-refractivity contribution in [3.63, 3.8) is 0 Å². The van der Waals surface area contributed by atoms with Gasteiger partial charge in [0, 0.05) is 0 Å². The summed E-state index contributed by atoms with van der Waals surface area (Å²) in [6.07, 6.45) is 0. The molecular formula is C14H23NO. The van der Waals surface area contributed by atoms with E-state index in [0.717, 1.165) is 5.56 Å². The van der Waals surface area contributed by atoms with E-state index in [4.69, 9.17) is 0 Å². The number of hydroxylamine groups is 1. The average Bonchev–Trinajstić information content (AvgIpc) is 2.18. The summed E-state index contributed by atoms with van der Waals surface area (Å²) in [7, 11) is 0. The zero-order valence-electron chi connectivity index (χ0n) is 10.9. The van der Waals surface area contributed by atoms with Crippen molar-refractivity contribution in [2.75, 3.05) is 0 Å². The van der Waals surface area contributed by atoms with Crippen molar-refractivity contribution < 1.29 is 5.21 Å². The third-order valence-corrected chi connectivity index (χ3v) is 3.45. The largest absolute Gasteiger partial charge is 0.316 e. The van der Waals surface area contributed by atoms with Gasteiger partial charge in [0.05, 0.1) is 5.54 Å². The molecule has 1 atom stereocenters. The lowest BCUT2D eigenvalue weighted by molar-refractivity contribution is -0.0426. The molecule has 2 nitrogen and oxygen atoms in total. The molecule has 0 radical (unpaired) electrons. The summed E-state index contributed by atoms with van der Waals surface area (Å²) in [5.41, 5.74) is 3.20. The summed E-state index contributed by atoms with van der Waals surface area (Å²) in [6, 6.07) is 10.1. The lowest BCUT2D eigenvalue weighted by atomic mass is 9.64. The Morgan fingerprint density at radius 2 is 1.56 bits per heavy atom. The first-order valence-corrected chi connectivity index (χ1v) is 5.83. The highest BCUT2D eigenvalue weighted by atomic mass is 16.5. The Labute approximate surface area is 98.6 Å². The van der Waals surface area contributed by atoms with Crippen molar-refractivity contribution >= 4 is 0 Å². The molecular weight excluding hydrogens is 198 g/mol. The standard InChI is InChI=1S/C14H23NO/c1-11(2)14(15-16,13(3,4)5)12-9-7-6-8-10-12/h6-11,15-16H,1-5H3. The lowest BCUT2D eigenvalue weighted by Crippen LogP contribution is -2.54. The molecule has 0 spiro atoms. The van der Waals surface area contributed by atoms with Crippen LogP contribution in [0.15, 0.2) is 30.3 Å². The Morgan fingerprint density at radius 3 is 1.88 bits per heavy atom. The summed E-state index contributed by atoms with van der Waals surface area (Å²) in [5, 5.41) is 9.69. The molecule has 1 aromatic carbocycles. The number of hydrogen-bond acceptors (Lipinski definition) is 2. The van der Waals surface area contributed by atoms with Gasteiger partial charge in [-0.15, -0.1) is 0 Å². The molecule has 0 saturated carbocycles. The minimum Gasteiger partial charge on any atom is -0.316 e. The van der Waals surface area contributed by atoms with Crippen molar-refractivity contribution in [2.45, 2.75) is 40.2 Å². The fourth-order valence-corrected chi connectivity index (χ4v) is 2.69. The highest BCUT2D eigenvalue weighted by Gasteiger charge is 2.45.